The van der Waals surface area contributed by atoms with Gasteiger partial charge in [0.15, 0.2) is 0 Å². The van der Waals surface area contributed by atoms with E-state index in [1.165, 1.54) is 24.1 Å². The van der Waals surface area contributed by atoms with Crippen LogP contribution in [0.2, 0.25) is 0 Å². The average molecular weight is 261 g/mol. The van der Waals surface area contributed by atoms with E-state index in [1.54, 1.807) is 0 Å². The van der Waals surface area contributed by atoms with Crippen LogP contribution in [0.1, 0.15) is 52.0 Å². The van der Waals surface area contributed by atoms with Crippen molar-refractivity contribution in [3.8, 4) is 0 Å². The summed E-state index contributed by atoms with van der Waals surface area (Å²) >= 11 is 0. The Hall–Kier alpha value is -1.02. The third-order valence-electron chi connectivity index (χ3n) is 4.21. The normalized spacial score (nSPS) is 27.2. The molecule has 0 aliphatic carbocycles. The molecule has 1 aliphatic rings. The highest BCUT2D eigenvalue weighted by atomic mass is 16.5. The quantitative estimate of drug-likeness (QED) is 0.848. The second-order valence-corrected chi connectivity index (χ2v) is 5.93. The Morgan fingerprint density at radius 3 is 2.63 bits per heavy atom. The molecule has 2 nitrogen and oxygen atoms in total. The summed E-state index contributed by atoms with van der Waals surface area (Å²) in [7, 11) is 0. The Labute approximate surface area is 117 Å². The van der Waals surface area contributed by atoms with Crippen molar-refractivity contribution in [1.82, 2.24) is 0 Å². The molecular weight excluding hydrogens is 234 g/mol. The van der Waals surface area contributed by atoms with E-state index in [0.717, 1.165) is 25.9 Å². The Balaban J connectivity index is 1.93. The van der Waals surface area contributed by atoms with Crippen LogP contribution >= 0.6 is 0 Å². The van der Waals surface area contributed by atoms with Crippen LogP contribution in [0.15, 0.2) is 24.3 Å². The van der Waals surface area contributed by atoms with Gasteiger partial charge in [0.1, 0.15) is 0 Å². The highest BCUT2D eigenvalue weighted by Gasteiger charge is 2.31. The molecule has 0 aromatic heterocycles. The first-order valence-corrected chi connectivity index (χ1v) is 7.64. The van der Waals surface area contributed by atoms with Crippen LogP contribution in [0.4, 0.5) is 5.69 Å². The molecule has 1 aromatic carbocycles. The Bertz CT molecular complexity index is 387. The first-order chi connectivity index (χ1) is 9.15. The van der Waals surface area contributed by atoms with Crippen LogP contribution in [0.3, 0.4) is 0 Å². The van der Waals surface area contributed by atoms with E-state index >= 15 is 0 Å². The first kappa shape index (κ1) is 14.4. The molecule has 1 heterocycles. The number of aryl methyl sites for hydroxylation is 1. The second-order valence-electron chi connectivity index (χ2n) is 5.93. The van der Waals surface area contributed by atoms with Crippen molar-refractivity contribution in [2.24, 2.45) is 0 Å². The minimum atomic E-state index is 0.0536. The number of rotatable bonds is 5. The summed E-state index contributed by atoms with van der Waals surface area (Å²) in [6.07, 6.45) is 5.67. The predicted octanol–water partition coefficient (Wildman–Crippen LogP) is 4.40. The molecule has 1 N–H and O–H groups in total. The van der Waals surface area contributed by atoms with E-state index in [1.807, 2.05) is 0 Å². The zero-order valence-corrected chi connectivity index (χ0v) is 12.5. The Kier molecular flexibility index (Phi) is 4.87. The topological polar surface area (TPSA) is 21.3 Å². The molecule has 0 amide bonds. The Morgan fingerprint density at radius 1 is 1.26 bits per heavy atom. The molecule has 1 aromatic rings. The van der Waals surface area contributed by atoms with Gasteiger partial charge in [-0.1, -0.05) is 32.4 Å². The van der Waals surface area contributed by atoms with Gasteiger partial charge in [-0.3, -0.25) is 0 Å². The van der Waals surface area contributed by atoms with Crippen molar-refractivity contribution >= 4 is 5.69 Å². The lowest BCUT2D eigenvalue weighted by Gasteiger charge is -2.38. The minimum Gasteiger partial charge on any atom is -0.382 e. The zero-order chi connectivity index (χ0) is 13.7. The van der Waals surface area contributed by atoms with Gasteiger partial charge in [0.05, 0.1) is 5.60 Å². The molecule has 0 radical (unpaired) electrons. The van der Waals surface area contributed by atoms with E-state index in [4.69, 9.17) is 4.74 Å². The number of hydrogen-bond donors (Lipinski definition) is 1. The molecule has 1 saturated heterocycles. The molecular formula is C17H27NO. The standard InChI is InChI=1S/C17H27NO/c1-4-6-14-7-9-15(10-8-14)18-16-11-12-19-17(3,5-2)13-16/h7-10,16,18H,4-6,11-13H2,1-3H3. The fourth-order valence-corrected chi connectivity index (χ4v) is 2.79. The summed E-state index contributed by atoms with van der Waals surface area (Å²) in [6, 6.07) is 9.44. The van der Waals surface area contributed by atoms with E-state index in [-0.39, 0.29) is 5.60 Å². The highest BCUT2D eigenvalue weighted by molar-refractivity contribution is 5.45. The van der Waals surface area contributed by atoms with Crippen LogP contribution in [0, 0.1) is 0 Å². The first-order valence-electron chi connectivity index (χ1n) is 7.64. The van der Waals surface area contributed by atoms with Crippen LogP contribution < -0.4 is 5.32 Å². The van der Waals surface area contributed by atoms with Gasteiger partial charge in [-0.25, -0.2) is 0 Å². The maximum atomic E-state index is 5.89. The maximum absolute atomic E-state index is 5.89. The van der Waals surface area contributed by atoms with Gasteiger partial charge >= 0.3 is 0 Å². The smallest absolute Gasteiger partial charge is 0.0671 e. The van der Waals surface area contributed by atoms with Crippen molar-refractivity contribution in [3.63, 3.8) is 0 Å². The minimum absolute atomic E-state index is 0.0536. The number of anilines is 1. The number of ether oxygens (including phenoxy) is 1. The van der Waals surface area contributed by atoms with Crippen molar-refractivity contribution in [3.05, 3.63) is 29.8 Å². The van der Waals surface area contributed by atoms with Crippen molar-refractivity contribution in [2.75, 3.05) is 11.9 Å². The molecule has 106 valence electrons. The van der Waals surface area contributed by atoms with E-state index < -0.39 is 0 Å². The molecule has 19 heavy (non-hydrogen) atoms. The molecule has 2 atom stereocenters. The molecule has 1 fully saturated rings. The maximum Gasteiger partial charge on any atom is 0.0671 e. The van der Waals surface area contributed by atoms with Crippen LogP contribution in [-0.4, -0.2) is 18.2 Å². The molecule has 0 spiro atoms. The van der Waals surface area contributed by atoms with Crippen LogP contribution in [-0.2, 0) is 11.2 Å². The highest BCUT2D eigenvalue weighted by Crippen LogP contribution is 2.29. The molecule has 0 saturated carbocycles. The largest absolute Gasteiger partial charge is 0.382 e. The summed E-state index contributed by atoms with van der Waals surface area (Å²) in [5, 5.41) is 3.66. The summed E-state index contributed by atoms with van der Waals surface area (Å²) in [5.41, 5.74) is 2.72. The van der Waals surface area contributed by atoms with Crippen LogP contribution in [0.25, 0.3) is 0 Å². The van der Waals surface area contributed by atoms with Crippen molar-refractivity contribution in [1.29, 1.82) is 0 Å². The second kappa shape index (κ2) is 6.42. The van der Waals surface area contributed by atoms with Gasteiger partial charge in [0.2, 0.25) is 0 Å². The van der Waals surface area contributed by atoms with Gasteiger partial charge in [-0.2, -0.15) is 0 Å². The predicted molar refractivity (Wildman–Crippen MR) is 81.7 cm³/mol. The Morgan fingerprint density at radius 2 is 2.00 bits per heavy atom. The molecule has 1 aliphatic heterocycles. The molecule has 2 heteroatoms. The van der Waals surface area contributed by atoms with Gasteiger partial charge in [0, 0.05) is 18.3 Å². The lowest BCUT2D eigenvalue weighted by molar-refractivity contribution is -0.0708. The third kappa shape index (κ3) is 3.97. The monoisotopic (exact) mass is 261 g/mol. The number of nitrogens with one attached hydrogen (secondary N) is 1. The van der Waals surface area contributed by atoms with E-state index in [0.29, 0.717) is 6.04 Å². The lowest BCUT2D eigenvalue weighted by atomic mass is 9.90. The van der Waals surface area contributed by atoms with E-state index in [9.17, 15) is 0 Å². The fourth-order valence-electron chi connectivity index (χ4n) is 2.79. The average Bonchev–Trinajstić information content (AvgIpc) is 2.42. The van der Waals surface area contributed by atoms with Gasteiger partial charge in [-0.15, -0.1) is 0 Å². The van der Waals surface area contributed by atoms with E-state index in [2.05, 4.69) is 50.4 Å². The summed E-state index contributed by atoms with van der Waals surface area (Å²) < 4.78 is 5.89. The summed E-state index contributed by atoms with van der Waals surface area (Å²) in [5.74, 6) is 0. The summed E-state index contributed by atoms with van der Waals surface area (Å²) in [6.45, 7) is 7.53. The fraction of sp³-hybridized carbons (Fsp3) is 0.647. The SMILES string of the molecule is CCCc1ccc(NC2CCOC(C)(CC)C2)cc1. The zero-order valence-electron chi connectivity index (χ0n) is 12.5. The molecule has 2 rings (SSSR count). The molecule has 0 bridgehead atoms. The summed E-state index contributed by atoms with van der Waals surface area (Å²) in [4.78, 5) is 0. The van der Waals surface area contributed by atoms with Crippen LogP contribution in [0.5, 0.6) is 0 Å². The van der Waals surface area contributed by atoms with Gasteiger partial charge in [0.25, 0.3) is 0 Å². The number of benzene rings is 1. The van der Waals surface area contributed by atoms with Gasteiger partial charge < -0.3 is 10.1 Å². The van der Waals surface area contributed by atoms with Gasteiger partial charge in [-0.05, 0) is 50.3 Å². The van der Waals surface area contributed by atoms with Crippen molar-refractivity contribution < 1.29 is 4.74 Å². The third-order valence-corrected chi connectivity index (χ3v) is 4.21. The van der Waals surface area contributed by atoms with Crippen molar-refractivity contribution in [2.45, 2.75) is 64.5 Å². The lowest BCUT2D eigenvalue weighted by Crippen LogP contribution is -2.41. The number of hydrogen-bond acceptors (Lipinski definition) is 2. The molecule has 2 unspecified atom stereocenters.